The molecular formula is C13H19N3O2. The molecule has 0 unspecified atom stereocenters. The fraction of sp³-hybridized carbons (Fsp3) is 0.615. The molecule has 0 aromatic carbocycles. The van der Waals surface area contributed by atoms with Gasteiger partial charge in [0.15, 0.2) is 5.69 Å². The Labute approximate surface area is 107 Å². The van der Waals surface area contributed by atoms with Gasteiger partial charge in [0.2, 0.25) is 0 Å². The topological polar surface area (TPSA) is 55.3 Å². The van der Waals surface area contributed by atoms with E-state index in [1.807, 2.05) is 7.05 Å². The van der Waals surface area contributed by atoms with Crippen molar-refractivity contribution in [3.8, 4) is 0 Å². The summed E-state index contributed by atoms with van der Waals surface area (Å²) in [6.45, 7) is 1.01. The molecule has 2 rings (SSSR count). The van der Waals surface area contributed by atoms with Gasteiger partial charge in [0, 0.05) is 13.6 Å². The van der Waals surface area contributed by atoms with Crippen LogP contribution < -0.4 is 4.90 Å². The molecule has 1 aliphatic rings. The molecule has 18 heavy (non-hydrogen) atoms. The minimum absolute atomic E-state index is 0.246. The minimum Gasteiger partial charge on any atom is -0.464 e. The molecule has 0 N–H and O–H groups in total. The van der Waals surface area contributed by atoms with Crippen LogP contribution in [0.15, 0.2) is 12.4 Å². The number of nitrogens with zero attached hydrogens (tertiary/aromatic N) is 3. The number of aromatic nitrogens is 2. The van der Waals surface area contributed by atoms with Crippen molar-refractivity contribution < 1.29 is 9.53 Å². The van der Waals surface area contributed by atoms with E-state index in [1.54, 1.807) is 6.20 Å². The largest absolute Gasteiger partial charge is 0.464 e. The van der Waals surface area contributed by atoms with Crippen LogP contribution in [-0.2, 0) is 4.74 Å². The maximum absolute atomic E-state index is 11.2. The van der Waals surface area contributed by atoms with Crippen LogP contribution >= 0.6 is 0 Å². The van der Waals surface area contributed by atoms with Crippen molar-refractivity contribution in [2.24, 2.45) is 5.92 Å². The van der Waals surface area contributed by atoms with Crippen LogP contribution in [0.5, 0.6) is 0 Å². The first kappa shape index (κ1) is 12.8. The van der Waals surface area contributed by atoms with Gasteiger partial charge in [0.25, 0.3) is 0 Å². The number of carbonyl (C=O) groups is 1. The van der Waals surface area contributed by atoms with E-state index >= 15 is 0 Å². The number of methoxy groups -OCH3 is 1. The maximum Gasteiger partial charge on any atom is 0.358 e. The summed E-state index contributed by atoms with van der Waals surface area (Å²) in [6.07, 6.45) is 8.38. The summed E-state index contributed by atoms with van der Waals surface area (Å²) in [6, 6.07) is 0. The SMILES string of the molecule is COC(=O)c1cnc(N(C)CC2CCCC2)cn1. The molecule has 1 fully saturated rings. The second kappa shape index (κ2) is 5.80. The van der Waals surface area contributed by atoms with Gasteiger partial charge in [-0.1, -0.05) is 12.8 Å². The Bertz CT molecular complexity index is 399. The summed E-state index contributed by atoms with van der Waals surface area (Å²) >= 11 is 0. The number of ether oxygens (including phenoxy) is 1. The van der Waals surface area contributed by atoms with Gasteiger partial charge in [0.05, 0.1) is 19.5 Å². The maximum atomic E-state index is 11.2. The Morgan fingerprint density at radius 3 is 2.67 bits per heavy atom. The van der Waals surface area contributed by atoms with E-state index in [9.17, 15) is 4.79 Å². The highest BCUT2D eigenvalue weighted by Crippen LogP contribution is 2.26. The fourth-order valence-corrected chi connectivity index (χ4v) is 2.40. The predicted octanol–water partition coefficient (Wildman–Crippen LogP) is 1.89. The molecule has 5 nitrogen and oxygen atoms in total. The van der Waals surface area contributed by atoms with E-state index in [0.29, 0.717) is 0 Å². The average molecular weight is 249 g/mol. The van der Waals surface area contributed by atoms with Gasteiger partial charge in [0.1, 0.15) is 5.82 Å². The van der Waals surface area contributed by atoms with E-state index in [4.69, 9.17) is 0 Å². The molecule has 0 saturated heterocycles. The molecule has 0 radical (unpaired) electrons. The lowest BCUT2D eigenvalue weighted by atomic mass is 10.1. The summed E-state index contributed by atoms with van der Waals surface area (Å²) in [5.74, 6) is 1.11. The van der Waals surface area contributed by atoms with Crippen molar-refractivity contribution in [2.45, 2.75) is 25.7 Å². The fourth-order valence-electron chi connectivity index (χ4n) is 2.40. The van der Waals surface area contributed by atoms with Gasteiger partial charge in [-0.3, -0.25) is 0 Å². The molecule has 1 saturated carbocycles. The molecule has 98 valence electrons. The van der Waals surface area contributed by atoms with Crippen LogP contribution in [0.4, 0.5) is 5.82 Å². The summed E-state index contributed by atoms with van der Waals surface area (Å²) in [5, 5.41) is 0. The zero-order chi connectivity index (χ0) is 13.0. The van der Waals surface area contributed by atoms with E-state index in [2.05, 4.69) is 19.6 Å². The quantitative estimate of drug-likeness (QED) is 0.763. The number of hydrogen-bond donors (Lipinski definition) is 0. The monoisotopic (exact) mass is 249 g/mol. The molecule has 1 aliphatic carbocycles. The van der Waals surface area contributed by atoms with Crippen LogP contribution in [0.25, 0.3) is 0 Å². The molecule has 0 atom stereocenters. The van der Waals surface area contributed by atoms with Gasteiger partial charge in [-0.25, -0.2) is 14.8 Å². The van der Waals surface area contributed by atoms with Gasteiger partial charge in [-0.2, -0.15) is 0 Å². The lowest BCUT2D eigenvalue weighted by molar-refractivity contribution is 0.0593. The number of anilines is 1. The number of rotatable bonds is 4. The van der Waals surface area contributed by atoms with Crippen LogP contribution in [0.1, 0.15) is 36.2 Å². The molecule has 0 amide bonds. The molecule has 0 aliphatic heterocycles. The van der Waals surface area contributed by atoms with Crippen LogP contribution in [0.2, 0.25) is 0 Å². The van der Waals surface area contributed by atoms with Gasteiger partial charge >= 0.3 is 5.97 Å². The molecule has 0 bridgehead atoms. The third-order valence-electron chi connectivity index (χ3n) is 3.43. The molecule has 5 heteroatoms. The van der Waals surface area contributed by atoms with Crippen molar-refractivity contribution in [3.63, 3.8) is 0 Å². The number of carbonyl (C=O) groups excluding carboxylic acids is 1. The Kier molecular flexibility index (Phi) is 4.12. The van der Waals surface area contributed by atoms with Crippen molar-refractivity contribution in [1.82, 2.24) is 9.97 Å². The number of esters is 1. The first-order chi connectivity index (χ1) is 8.70. The van der Waals surface area contributed by atoms with Crippen molar-refractivity contribution >= 4 is 11.8 Å². The van der Waals surface area contributed by atoms with E-state index in [0.717, 1.165) is 18.3 Å². The van der Waals surface area contributed by atoms with E-state index in [1.165, 1.54) is 39.0 Å². The van der Waals surface area contributed by atoms with Gasteiger partial charge in [-0.05, 0) is 18.8 Å². The third kappa shape index (κ3) is 2.97. The van der Waals surface area contributed by atoms with E-state index < -0.39 is 5.97 Å². The lowest BCUT2D eigenvalue weighted by Gasteiger charge is -2.21. The zero-order valence-corrected chi connectivity index (χ0v) is 10.9. The predicted molar refractivity (Wildman–Crippen MR) is 68.6 cm³/mol. The van der Waals surface area contributed by atoms with Crippen molar-refractivity contribution in [3.05, 3.63) is 18.1 Å². The second-order valence-electron chi connectivity index (χ2n) is 4.78. The molecule has 1 heterocycles. The Morgan fingerprint density at radius 2 is 2.11 bits per heavy atom. The smallest absolute Gasteiger partial charge is 0.358 e. The highest BCUT2D eigenvalue weighted by atomic mass is 16.5. The van der Waals surface area contributed by atoms with Gasteiger partial charge < -0.3 is 9.64 Å². The standard InChI is InChI=1S/C13H19N3O2/c1-16(9-10-5-3-4-6-10)12-8-14-11(7-15-12)13(17)18-2/h7-8,10H,3-6,9H2,1-2H3. The third-order valence-corrected chi connectivity index (χ3v) is 3.43. The molecule has 0 spiro atoms. The highest BCUT2D eigenvalue weighted by molar-refractivity contribution is 5.86. The van der Waals surface area contributed by atoms with Crippen molar-refractivity contribution in [1.29, 1.82) is 0 Å². The molecule has 1 aromatic heterocycles. The molecular weight excluding hydrogens is 230 g/mol. The summed E-state index contributed by atoms with van der Waals surface area (Å²) in [4.78, 5) is 21.7. The summed E-state index contributed by atoms with van der Waals surface area (Å²) < 4.78 is 4.59. The minimum atomic E-state index is -0.451. The summed E-state index contributed by atoms with van der Waals surface area (Å²) in [7, 11) is 3.35. The first-order valence-electron chi connectivity index (χ1n) is 6.32. The Balaban J connectivity index is 1.97. The normalized spacial score (nSPS) is 15.7. The molecule has 1 aromatic rings. The first-order valence-corrected chi connectivity index (χ1v) is 6.32. The number of hydrogen-bond acceptors (Lipinski definition) is 5. The summed E-state index contributed by atoms with van der Waals surface area (Å²) in [5.41, 5.74) is 0.246. The van der Waals surface area contributed by atoms with Crippen LogP contribution in [-0.4, -0.2) is 36.6 Å². The van der Waals surface area contributed by atoms with Crippen molar-refractivity contribution in [2.75, 3.05) is 25.6 Å². The van der Waals surface area contributed by atoms with Gasteiger partial charge in [-0.15, -0.1) is 0 Å². The Morgan fingerprint density at radius 1 is 1.39 bits per heavy atom. The zero-order valence-electron chi connectivity index (χ0n) is 10.9. The lowest BCUT2D eigenvalue weighted by Crippen LogP contribution is -2.25. The Hall–Kier alpha value is -1.65. The van der Waals surface area contributed by atoms with Crippen LogP contribution in [0, 0.1) is 5.92 Å². The second-order valence-corrected chi connectivity index (χ2v) is 4.78. The highest BCUT2D eigenvalue weighted by Gasteiger charge is 2.18. The van der Waals surface area contributed by atoms with Crippen LogP contribution in [0.3, 0.4) is 0 Å². The van der Waals surface area contributed by atoms with E-state index in [-0.39, 0.29) is 5.69 Å². The average Bonchev–Trinajstić information content (AvgIpc) is 2.91.